The first-order valence-corrected chi connectivity index (χ1v) is 7.46. The SMILES string of the molecule is CCNCCNS(=O)(=O)c1ccc(OC)cc1OC. The van der Waals surface area contributed by atoms with E-state index in [0.29, 0.717) is 18.8 Å². The summed E-state index contributed by atoms with van der Waals surface area (Å²) in [6.45, 7) is 3.66. The molecule has 2 N–H and O–H groups in total. The smallest absolute Gasteiger partial charge is 0.244 e. The van der Waals surface area contributed by atoms with Gasteiger partial charge in [-0.1, -0.05) is 6.92 Å². The average Bonchev–Trinajstić information content (AvgIpc) is 2.42. The summed E-state index contributed by atoms with van der Waals surface area (Å²) >= 11 is 0. The maximum absolute atomic E-state index is 12.1. The Kier molecular flexibility index (Phi) is 6.07. The summed E-state index contributed by atoms with van der Waals surface area (Å²) < 4.78 is 36.9. The normalized spacial score (nSPS) is 11.3. The molecule has 108 valence electrons. The number of nitrogens with one attached hydrogen (secondary N) is 2. The maximum atomic E-state index is 12.1. The molecule has 0 saturated heterocycles. The molecule has 0 unspecified atom stereocenters. The first-order chi connectivity index (χ1) is 9.05. The van der Waals surface area contributed by atoms with Crippen LogP contribution in [0, 0.1) is 0 Å². The van der Waals surface area contributed by atoms with Crippen molar-refractivity contribution in [1.29, 1.82) is 0 Å². The lowest BCUT2D eigenvalue weighted by atomic mass is 10.3. The number of benzene rings is 1. The van der Waals surface area contributed by atoms with Gasteiger partial charge in [0.15, 0.2) is 0 Å². The van der Waals surface area contributed by atoms with Gasteiger partial charge in [0.2, 0.25) is 10.0 Å². The van der Waals surface area contributed by atoms with Crippen molar-refractivity contribution in [2.75, 3.05) is 33.9 Å². The zero-order valence-electron chi connectivity index (χ0n) is 11.4. The van der Waals surface area contributed by atoms with E-state index in [0.717, 1.165) is 6.54 Å². The van der Waals surface area contributed by atoms with Gasteiger partial charge < -0.3 is 14.8 Å². The Morgan fingerprint density at radius 3 is 2.47 bits per heavy atom. The van der Waals surface area contributed by atoms with Gasteiger partial charge in [-0.15, -0.1) is 0 Å². The monoisotopic (exact) mass is 288 g/mol. The second-order valence-corrected chi connectivity index (χ2v) is 5.50. The number of ether oxygens (including phenoxy) is 2. The molecular formula is C12H20N2O4S. The highest BCUT2D eigenvalue weighted by Crippen LogP contribution is 2.27. The van der Waals surface area contributed by atoms with Crippen LogP contribution in [0.5, 0.6) is 11.5 Å². The van der Waals surface area contributed by atoms with Gasteiger partial charge in [-0.3, -0.25) is 0 Å². The first kappa shape index (κ1) is 15.7. The topological polar surface area (TPSA) is 76.7 Å². The van der Waals surface area contributed by atoms with Gasteiger partial charge in [0.05, 0.1) is 14.2 Å². The van der Waals surface area contributed by atoms with Crippen LogP contribution in [0.25, 0.3) is 0 Å². The molecule has 0 aliphatic rings. The molecule has 0 saturated carbocycles. The summed E-state index contributed by atoms with van der Waals surface area (Å²) in [6, 6.07) is 4.59. The molecule has 0 spiro atoms. The third-order valence-electron chi connectivity index (χ3n) is 2.50. The second-order valence-electron chi connectivity index (χ2n) is 3.77. The molecule has 0 aliphatic heterocycles. The molecule has 7 heteroatoms. The Morgan fingerprint density at radius 2 is 1.89 bits per heavy atom. The predicted octanol–water partition coefficient (Wildman–Crippen LogP) is 0.592. The van der Waals surface area contributed by atoms with Crippen LogP contribution in [-0.4, -0.2) is 42.3 Å². The summed E-state index contributed by atoms with van der Waals surface area (Å²) in [5.74, 6) is 0.804. The van der Waals surface area contributed by atoms with Crippen molar-refractivity contribution in [3.05, 3.63) is 18.2 Å². The Hall–Kier alpha value is -1.31. The minimum atomic E-state index is -3.58. The number of methoxy groups -OCH3 is 2. The van der Waals surface area contributed by atoms with Crippen LogP contribution in [0.4, 0.5) is 0 Å². The summed E-state index contributed by atoms with van der Waals surface area (Å²) in [6.07, 6.45) is 0. The minimum absolute atomic E-state index is 0.104. The van der Waals surface area contributed by atoms with Crippen molar-refractivity contribution in [2.24, 2.45) is 0 Å². The van der Waals surface area contributed by atoms with Crippen molar-refractivity contribution < 1.29 is 17.9 Å². The fraction of sp³-hybridized carbons (Fsp3) is 0.500. The van der Waals surface area contributed by atoms with Gasteiger partial charge in [0, 0.05) is 19.2 Å². The third-order valence-corrected chi connectivity index (χ3v) is 4.00. The standard InChI is InChI=1S/C12H20N2O4S/c1-4-13-7-8-14-19(15,16)12-6-5-10(17-2)9-11(12)18-3/h5-6,9,13-14H,4,7-8H2,1-3H3. The molecule has 19 heavy (non-hydrogen) atoms. The van der Waals surface area contributed by atoms with E-state index >= 15 is 0 Å². The van der Waals surface area contributed by atoms with Crippen LogP contribution in [0.3, 0.4) is 0 Å². The van der Waals surface area contributed by atoms with Gasteiger partial charge in [0.25, 0.3) is 0 Å². The van der Waals surface area contributed by atoms with Gasteiger partial charge in [0.1, 0.15) is 16.4 Å². The van der Waals surface area contributed by atoms with E-state index in [1.807, 2.05) is 6.92 Å². The Bertz CT molecular complexity index is 502. The summed E-state index contributed by atoms with van der Waals surface area (Å²) in [7, 11) is -0.644. The number of hydrogen-bond acceptors (Lipinski definition) is 5. The fourth-order valence-corrected chi connectivity index (χ4v) is 2.71. The molecule has 0 fully saturated rings. The van der Waals surface area contributed by atoms with Gasteiger partial charge in [-0.2, -0.15) is 0 Å². The van der Waals surface area contributed by atoms with Crippen LogP contribution in [-0.2, 0) is 10.0 Å². The lowest BCUT2D eigenvalue weighted by Crippen LogP contribution is -2.32. The predicted molar refractivity (Wildman–Crippen MR) is 73.3 cm³/mol. The Morgan fingerprint density at radius 1 is 1.16 bits per heavy atom. The highest BCUT2D eigenvalue weighted by molar-refractivity contribution is 7.89. The molecule has 0 atom stereocenters. The zero-order valence-corrected chi connectivity index (χ0v) is 12.2. The summed E-state index contributed by atoms with van der Waals surface area (Å²) in [4.78, 5) is 0.104. The molecule has 1 aromatic carbocycles. The lowest BCUT2D eigenvalue weighted by molar-refractivity contribution is 0.386. The highest BCUT2D eigenvalue weighted by Gasteiger charge is 2.19. The van der Waals surface area contributed by atoms with Crippen molar-refractivity contribution >= 4 is 10.0 Å². The minimum Gasteiger partial charge on any atom is -0.497 e. The van der Waals surface area contributed by atoms with Crippen LogP contribution < -0.4 is 19.5 Å². The summed E-state index contributed by atoms with van der Waals surface area (Å²) in [5.41, 5.74) is 0. The quantitative estimate of drug-likeness (QED) is 0.685. The van der Waals surface area contributed by atoms with Crippen molar-refractivity contribution in [3.8, 4) is 11.5 Å². The first-order valence-electron chi connectivity index (χ1n) is 5.97. The molecule has 0 bridgehead atoms. The lowest BCUT2D eigenvalue weighted by Gasteiger charge is -2.12. The van der Waals surface area contributed by atoms with Crippen molar-refractivity contribution in [2.45, 2.75) is 11.8 Å². The van der Waals surface area contributed by atoms with Crippen LogP contribution >= 0.6 is 0 Å². The Balaban J connectivity index is 2.88. The van der Waals surface area contributed by atoms with Crippen LogP contribution in [0.15, 0.2) is 23.1 Å². The van der Waals surface area contributed by atoms with Crippen molar-refractivity contribution in [3.63, 3.8) is 0 Å². The van der Waals surface area contributed by atoms with Crippen LogP contribution in [0.2, 0.25) is 0 Å². The van der Waals surface area contributed by atoms with Gasteiger partial charge in [-0.05, 0) is 18.7 Å². The van der Waals surface area contributed by atoms with E-state index in [9.17, 15) is 8.42 Å². The van der Waals surface area contributed by atoms with E-state index in [1.165, 1.54) is 20.3 Å². The molecule has 0 heterocycles. The number of rotatable bonds is 8. The van der Waals surface area contributed by atoms with E-state index in [1.54, 1.807) is 12.1 Å². The largest absolute Gasteiger partial charge is 0.497 e. The van der Waals surface area contributed by atoms with E-state index in [4.69, 9.17) is 9.47 Å². The maximum Gasteiger partial charge on any atom is 0.244 e. The fourth-order valence-electron chi connectivity index (χ4n) is 1.53. The molecule has 0 amide bonds. The number of likely N-dealkylation sites (N-methyl/N-ethyl adjacent to an activating group) is 1. The second kappa shape index (κ2) is 7.32. The van der Waals surface area contributed by atoms with E-state index < -0.39 is 10.0 Å². The average molecular weight is 288 g/mol. The molecular weight excluding hydrogens is 268 g/mol. The molecule has 1 rings (SSSR count). The molecule has 0 aromatic heterocycles. The van der Waals surface area contributed by atoms with Gasteiger partial charge >= 0.3 is 0 Å². The molecule has 1 aromatic rings. The number of sulfonamides is 1. The van der Waals surface area contributed by atoms with E-state index in [-0.39, 0.29) is 10.6 Å². The van der Waals surface area contributed by atoms with Crippen molar-refractivity contribution in [1.82, 2.24) is 10.0 Å². The van der Waals surface area contributed by atoms with Crippen LogP contribution in [0.1, 0.15) is 6.92 Å². The van der Waals surface area contributed by atoms with E-state index in [2.05, 4.69) is 10.0 Å². The Labute approximate surface area is 114 Å². The number of hydrogen-bond donors (Lipinski definition) is 2. The van der Waals surface area contributed by atoms with Gasteiger partial charge in [-0.25, -0.2) is 13.1 Å². The third kappa shape index (κ3) is 4.38. The molecule has 6 nitrogen and oxygen atoms in total. The summed E-state index contributed by atoms with van der Waals surface area (Å²) in [5, 5.41) is 3.04. The highest BCUT2D eigenvalue weighted by atomic mass is 32.2. The molecule has 0 radical (unpaired) electrons. The zero-order chi connectivity index (χ0) is 14.3. The molecule has 0 aliphatic carbocycles.